The van der Waals surface area contributed by atoms with E-state index in [9.17, 15) is 0 Å². The Morgan fingerprint density at radius 3 is 2.80 bits per heavy atom. The Kier molecular flexibility index (Phi) is 3.00. The fourth-order valence-electron chi connectivity index (χ4n) is 2.55. The van der Waals surface area contributed by atoms with Gasteiger partial charge in [0.2, 0.25) is 5.95 Å². The quantitative estimate of drug-likeness (QED) is 0.791. The summed E-state index contributed by atoms with van der Waals surface area (Å²) in [5.74, 6) is 2.26. The molecule has 0 atom stereocenters. The van der Waals surface area contributed by atoms with Crippen LogP contribution in [0.3, 0.4) is 0 Å². The predicted molar refractivity (Wildman–Crippen MR) is 77.5 cm³/mol. The lowest BCUT2D eigenvalue weighted by Crippen LogP contribution is -2.07. The van der Waals surface area contributed by atoms with Crippen molar-refractivity contribution in [3.05, 3.63) is 29.3 Å². The largest absolute Gasteiger partial charge is 0.464 e. The van der Waals surface area contributed by atoms with Crippen LogP contribution < -0.4 is 5.73 Å². The van der Waals surface area contributed by atoms with E-state index in [0.29, 0.717) is 12.5 Å². The maximum absolute atomic E-state index is 6.06. The third-order valence-corrected chi connectivity index (χ3v) is 3.42. The van der Waals surface area contributed by atoms with Crippen LogP contribution in [-0.4, -0.2) is 19.3 Å². The molecule has 0 spiro atoms. The summed E-state index contributed by atoms with van der Waals surface area (Å²) in [5.41, 5.74) is 8.90. The first kappa shape index (κ1) is 12.8. The van der Waals surface area contributed by atoms with Crippen molar-refractivity contribution in [3.8, 4) is 0 Å². The van der Waals surface area contributed by atoms with Gasteiger partial charge in [-0.15, -0.1) is 0 Å². The molecule has 0 saturated carbocycles. The van der Waals surface area contributed by atoms with E-state index in [1.54, 1.807) is 0 Å². The van der Waals surface area contributed by atoms with Gasteiger partial charge in [-0.3, -0.25) is 9.25 Å². The zero-order valence-electron chi connectivity index (χ0n) is 12.1. The number of nitrogen functional groups attached to an aromatic ring is 1. The van der Waals surface area contributed by atoms with Crippen molar-refractivity contribution >= 4 is 17.1 Å². The molecule has 3 aromatic rings. The number of imidazole rings is 1. The molecule has 0 unspecified atom stereocenters. The SMILES string of the molecule is CCCc1nn(C)c2c1nc(N)n2Cc1ccc(C)o1. The zero-order valence-corrected chi connectivity index (χ0v) is 12.1. The Labute approximate surface area is 117 Å². The summed E-state index contributed by atoms with van der Waals surface area (Å²) < 4.78 is 9.41. The molecule has 3 heterocycles. The minimum absolute atomic E-state index is 0.499. The highest BCUT2D eigenvalue weighted by Gasteiger charge is 2.18. The molecular weight excluding hydrogens is 254 g/mol. The van der Waals surface area contributed by atoms with Crippen LogP contribution in [0.5, 0.6) is 0 Å². The van der Waals surface area contributed by atoms with E-state index in [4.69, 9.17) is 10.2 Å². The molecule has 106 valence electrons. The Bertz CT molecular complexity index is 749. The average molecular weight is 273 g/mol. The van der Waals surface area contributed by atoms with Gasteiger partial charge < -0.3 is 10.2 Å². The summed E-state index contributed by atoms with van der Waals surface area (Å²) in [6.07, 6.45) is 1.95. The highest BCUT2D eigenvalue weighted by Crippen LogP contribution is 2.23. The van der Waals surface area contributed by atoms with Crippen molar-refractivity contribution in [2.24, 2.45) is 7.05 Å². The normalized spacial score (nSPS) is 11.6. The Morgan fingerprint density at radius 1 is 1.35 bits per heavy atom. The number of hydrogen-bond donors (Lipinski definition) is 1. The molecule has 0 radical (unpaired) electrons. The van der Waals surface area contributed by atoms with Gasteiger partial charge in [0.25, 0.3) is 0 Å². The molecule has 0 aliphatic carbocycles. The first-order chi connectivity index (χ1) is 9.60. The fraction of sp³-hybridized carbons (Fsp3) is 0.429. The van der Waals surface area contributed by atoms with Gasteiger partial charge in [0.15, 0.2) is 5.65 Å². The van der Waals surface area contributed by atoms with Gasteiger partial charge in [0.1, 0.15) is 17.0 Å². The second kappa shape index (κ2) is 4.70. The van der Waals surface area contributed by atoms with Crippen LogP contribution in [0.1, 0.15) is 30.6 Å². The minimum Gasteiger partial charge on any atom is -0.464 e. The summed E-state index contributed by atoms with van der Waals surface area (Å²) in [4.78, 5) is 4.47. The molecule has 20 heavy (non-hydrogen) atoms. The maximum Gasteiger partial charge on any atom is 0.202 e. The summed E-state index contributed by atoms with van der Waals surface area (Å²) in [6, 6.07) is 3.91. The Hall–Kier alpha value is -2.24. The van der Waals surface area contributed by atoms with Crippen molar-refractivity contribution in [2.45, 2.75) is 33.2 Å². The lowest BCUT2D eigenvalue weighted by molar-refractivity contribution is 0.472. The standard InChI is InChI=1S/C14H19N5O/c1-4-5-11-12-13(18(3)17-11)19(14(15)16-12)8-10-7-6-9(2)20-10/h6-7H,4-5,8H2,1-3H3,(H2,15,16). The molecule has 0 saturated heterocycles. The number of nitrogens with two attached hydrogens (primary N) is 1. The lowest BCUT2D eigenvalue weighted by atomic mass is 10.2. The lowest BCUT2D eigenvalue weighted by Gasteiger charge is -2.04. The number of anilines is 1. The van der Waals surface area contributed by atoms with Gasteiger partial charge in [-0.05, 0) is 25.5 Å². The highest BCUT2D eigenvalue weighted by molar-refractivity contribution is 5.77. The second-order valence-corrected chi connectivity index (χ2v) is 5.06. The number of aromatic nitrogens is 4. The average Bonchev–Trinajstić information content (AvgIpc) is 3.02. The third-order valence-electron chi connectivity index (χ3n) is 3.42. The van der Waals surface area contributed by atoms with Crippen LogP contribution in [-0.2, 0) is 20.0 Å². The van der Waals surface area contributed by atoms with Crippen LogP contribution in [0, 0.1) is 6.92 Å². The maximum atomic E-state index is 6.06. The minimum atomic E-state index is 0.499. The number of aryl methyl sites for hydroxylation is 3. The first-order valence-electron chi connectivity index (χ1n) is 6.83. The van der Waals surface area contributed by atoms with Crippen LogP contribution >= 0.6 is 0 Å². The van der Waals surface area contributed by atoms with Crippen molar-refractivity contribution in [1.29, 1.82) is 0 Å². The van der Waals surface area contributed by atoms with Crippen LogP contribution in [0.15, 0.2) is 16.5 Å². The van der Waals surface area contributed by atoms with Gasteiger partial charge in [-0.1, -0.05) is 13.3 Å². The summed E-state index contributed by atoms with van der Waals surface area (Å²) >= 11 is 0. The number of nitrogens with zero attached hydrogens (tertiary/aromatic N) is 4. The van der Waals surface area contributed by atoms with E-state index in [1.165, 1.54) is 0 Å². The Morgan fingerprint density at radius 2 is 2.15 bits per heavy atom. The summed E-state index contributed by atoms with van der Waals surface area (Å²) in [5, 5.41) is 4.54. The van der Waals surface area contributed by atoms with Crippen LogP contribution in [0.25, 0.3) is 11.2 Å². The molecule has 2 N–H and O–H groups in total. The molecule has 0 bridgehead atoms. The first-order valence-corrected chi connectivity index (χ1v) is 6.83. The van der Waals surface area contributed by atoms with Gasteiger partial charge in [-0.2, -0.15) is 5.10 Å². The van der Waals surface area contributed by atoms with E-state index < -0.39 is 0 Å². The van der Waals surface area contributed by atoms with Crippen molar-refractivity contribution in [1.82, 2.24) is 19.3 Å². The highest BCUT2D eigenvalue weighted by atomic mass is 16.3. The van der Waals surface area contributed by atoms with E-state index in [-0.39, 0.29) is 0 Å². The fourth-order valence-corrected chi connectivity index (χ4v) is 2.55. The molecule has 0 fully saturated rings. The molecule has 0 aliphatic rings. The number of hydrogen-bond acceptors (Lipinski definition) is 4. The third kappa shape index (κ3) is 1.97. The molecule has 3 rings (SSSR count). The predicted octanol–water partition coefficient (Wildman–Crippen LogP) is 2.25. The molecular formula is C14H19N5O. The van der Waals surface area contributed by atoms with Crippen molar-refractivity contribution in [3.63, 3.8) is 0 Å². The van der Waals surface area contributed by atoms with Crippen LogP contribution in [0.4, 0.5) is 5.95 Å². The number of rotatable bonds is 4. The number of furan rings is 1. The molecule has 6 nitrogen and oxygen atoms in total. The molecule has 3 aromatic heterocycles. The molecule has 0 aliphatic heterocycles. The van der Waals surface area contributed by atoms with Crippen molar-refractivity contribution < 1.29 is 4.42 Å². The topological polar surface area (TPSA) is 74.8 Å². The molecule has 0 amide bonds. The van der Waals surface area contributed by atoms with E-state index in [2.05, 4.69) is 17.0 Å². The van der Waals surface area contributed by atoms with Gasteiger partial charge in [0, 0.05) is 7.05 Å². The zero-order chi connectivity index (χ0) is 14.3. The monoisotopic (exact) mass is 273 g/mol. The van der Waals surface area contributed by atoms with Gasteiger partial charge in [0.05, 0.1) is 12.2 Å². The molecule has 0 aromatic carbocycles. The van der Waals surface area contributed by atoms with Crippen molar-refractivity contribution in [2.75, 3.05) is 5.73 Å². The van der Waals surface area contributed by atoms with Crippen LogP contribution in [0.2, 0.25) is 0 Å². The van der Waals surface area contributed by atoms with E-state index in [1.807, 2.05) is 35.4 Å². The Balaban J connectivity index is 2.08. The van der Waals surface area contributed by atoms with E-state index in [0.717, 1.165) is 41.2 Å². The summed E-state index contributed by atoms with van der Waals surface area (Å²) in [6.45, 7) is 4.63. The molecule has 6 heteroatoms. The second-order valence-electron chi connectivity index (χ2n) is 5.06. The van der Waals surface area contributed by atoms with Gasteiger partial charge >= 0.3 is 0 Å². The van der Waals surface area contributed by atoms with Gasteiger partial charge in [-0.25, -0.2) is 4.98 Å². The summed E-state index contributed by atoms with van der Waals surface area (Å²) in [7, 11) is 1.92. The smallest absolute Gasteiger partial charge is 0.202 e. The number of fused-ring (bicyclic) bond motifs is 1. The van der Waals surface area contributed by atoms with E-state index >= 15 is 0 Å².